The van der Waals surface area contributed by atoms with E-state index in [4.69, 9.17) is 0 Å². The van der Waals surface area contributed by atoms with Crippen LogP contribution in [0.5, 0.6) is 0 Å². The maximum Gasteiger partial charge on any atom is 0.419 e. The van der Waals surface area contributed by atoms with Crippen LogP contribution in [0.25, 0.3) is 0 Å². The molecule has 0 bridgehead atoms. The summed E-state index contributed by atoms with van der Waals surface area (Å²) in [6.07, 6.45) is -1.69. The van der Waals surface area contributed by atoms with Crippen molar-refractivity contribution in [2.24, 2.45) is 0 Å². The van der Waals surface area contributed by atoms with Gasteiger partial charge in [-0.05, 0) is 24.7 Å². The van der Waals surface area contributed by atoms with Gasteiger partial charge in [0.05, 0.1) is 11.6 Å². The molecule has 0 aliphatic carbocycles. The van der Waals surface area contributed by atoms with E-state index in [0.717, 1.165) is 6.07 Å². The van der Waals surface area contributed by atoms with Gasteiger partial charge in [-0.15, -0.1) is 0 Å². The number of halogens is 4. The van der Waals surface area contributed by atoms with Gasteiger partial charge in [-0.1, -0.05) is 18.2 Å². The van der Waals surface area contributed by atoms with Crippen LogP contribution in [-0.4, -0.2) is 12.0 Å². The Balaban J connectivity index is 2.52. The number of aromatic nitrogens is 1. The zero-order valence-corrected chi connectivity index (χ0v) is 10.6. The number of pyridine rings is 1. The molecule has 2 nitrogen and oxygen atoms in total. The Morgan fingerprint density at radius 2 is 1.90 bits per heavy atom. The first-order valence-electron chi connectivity index (χ1n) is 5.88. The van der Waals surface area contributed by atoms with Crippen molar-refractivity contribution in [3.63, 3.8) is 0 Å². The van der Waals surface area contributed by atoms with Crippen LogP contribution in [0.1, 0.15) is 22.7 Å². The number of hydrogen-bond donors (Lipinski definition) is 1. The second-order valence-corrected chi connectivity index (χ2v) is 4.21. The van der Waals surface area contributed by atoms with E-state index in [-0.39, 0.29) is 5.56 Å². The summed E-state index contributed by atoms with van der Waals surface area (Å²) in [5.41, 5.74) is -0.734. The van der Waals surface area contributed by atoms with Crippen molar-refractivity contribution in [2.45, 2.75) is 12.2 Å². The highest BCUT2D eigenvalue weighted by Gasteiger charge is 2.35. The molecular weight excluding hydrogens is 272 g/mol. The molecule has 0 spiro atoms. The van der Waals surface area contributed by atoms with Crippen molar-refractivity contribution < 1.29 is 17.6 Å². The molecule has 2 aromatic rings. The highest BCUT2D eigenvalue weighted by molar-refractivity contribution is 5.35. The normalized spacial score (nSPS) is 13.2. The lowest BCUT2D eigenvalue weighted by Crippen LogP contribution is -2.21. The fourth-order valence-corrected chi connectivity index (χ4v) is 2.04. The Bertz CT molecular complexity index is 581. The van der Waals surface area contributed by atoms with Gasteiger partial charge in [0.2, 0.25) is 0 Å². The van der Waals surface area contributed by atoms with Crippen molar-refractivity contribution in [1.82, 2.24) is 10.3 Å². The van der Waals surface area contributed by atoms with Gasteiger partial charge in [-0.25, -0.2) is 4.39 Å². The second kappa shape index (κ2) is 5.58. The van der Waals surface area contributed by atoms with Crippen LogP contribution in [0, 0.1) is 5.82 Å². The summed E-state index contributed by atoms with van der Waals surface area (Å²) in [6, 6.07) is 5.89. The molecule has 1 unspecified atom stereocenters. The average molecular weight is 284 g/mol. The molecule has 0 radical (unpaired) electrons. The molecule has 1 atom stereocenters. The highest BCUT2D eigenvalue weighted by atomic mass is 19.4. The zero-order chi connectivity index (χ0) is 14.8. The van der Waals surface area contributed by atoms with E-state index in [2.05, 4.69) is 10.3 Å². The minimum absolute atomic E-state index is 0.0599. The number of rotatable bonds is 3. The smallest absolute Gasteiger partial charge is 0.309 e. The van der Waals surface area contributed by atoms with Crippen LogP contribution in [0.4, 0.5) is 17.6 Å². The Labute approximate surface area is 113 Å². The third kappa shape index (κ3) is 2.80. The van der Waals surface area contributed by atoms with E-state index >= 15 is 0 Å². The summed E-state index contributed by atoms with van der Waals surface area (Å²) in [6.45, 7) is 0. The third-order valence-corrected chi connectivity index (χ3v) is 2.95. The van der Waals surface area contributed by atoms with E-state index in [0.29, 0.717) is 5.56 Å². The van der Waals surface area contributed by atoms with Gasteiger partial charge < -0.3 is 5.32 Å². The molecule has 0 saturated carbocycles. The molecule has 0 saturated heterocycles. The summed E-state index contributed by atoms with van der Waals surface area (Å²) >= 11 is 0. The molecule has 0 fully saturated rings. The fourth-order valence-electron chi connectivity index (χ4n) is 2.04. The van der Waals surface area contributed by atoms with Crippen LogP contribution in [-0.2, 0) is 6.18 Å². The molecule has 6 heteroatoms. The molecule has 1 heterocycles. The standard InChI is InChI=1S/C14H12F4N2/c1-19-13(9-4-3-7-20-8-9)10-5-2-6-11(12(10)15)14(16,17)18/h2-8,13,19H,1H3. The lowest BCUT2D eigenvalue weighted by Gasteiger charge is -2.19. The third-order valence-electron chi connectivity index (χ3n) is 2.95. The Morgan fingerprint density at radius 1 is 1.15 bits per heavy atom. The molecular formula is C14H12F4N2. The molecule has 0 aliphatic rings. The molecule has 106 valence electrons. The first kappa shape index (κ1) is 14.5. The molecule has 2 rings (SSSR count). The zero-order valence-electron chi connectivity index (χ0n) is 10.6. The number of nitrogens with zero attached hydrogens (tertiary/aromatic N) is 1. The minimum atomic E-state index is -4.71. The summed E-state index contributed by atoms with van der Waals surface area (Å²) in [5.74, 6) is -1.26. The van der Waals surface area contributed by atoms with Crippen LogP contribution < -0.4 is 5.32 Å². The largest absolute Gasteiger partial charge is 0.419 e. The predicted octanol–water partition coefficient (Wildman–Crippen LogP) is 3.55. The molecule has 1 aromatic heterocycles. The van der Waals surface area contributed by atoms with Crippen LogP contribution in [0.2, 0.25) is 0 Å². The Hall–Kier alpha value is -1.95. The number of hydrogen-bond acceptors (Lipinski definition) is 2. The van der Waals surface area contributed by atoms with E-state index in [1.54, 1.807) is 25.4 Å². The van der Waals surface area contributed by atoms with Crippen LogP contribution in [0.15, 0.2) is 42.7 Å². The first-order chi connectivity index (χ1) is 9.45. The van der Waals surface area contributed by atoms with Crippen molar-refractivity contribution in [3.8, 4) is 0 Å². The molecule has 0 aliphatic heterocycles. The van der Waals surface area contributed by atoms with Gasteiger partial charge in [0, 0.05) is 18.0 Å². The van der Waals surface area contributed by atoms with E-state index in [1.165, 1.54) is 18.3 Å². The maximum atomic E-state index is 14.1. The van der Waals surface area contributed by atoms with E-state index < -0.39 is 23.6 Å². The van der Waals surface area contributed by atoms with Gasteiger partial charge in [0.25, 0.3) is 0 Å². The Kier molecular flexibility index (Phi) is 4.04. The quantitative estimate of drug-likeness (QED) is 0.872. The molecule has 1 N–H and O–H groups in total. The van der Waals surface area contributed by atoms with Crippen molar-refractivity contribution in [1.29, 1.82) is 0 Å². The average Bonchev–Trinajstić information content (AvgIpc) is 2.41. The summed E-state index contributed by atoms with van der Waals surface area (Å²) < 4.78 is 52.3. The summed E-state index contributed by atoms with van der Waals surface area (Å²) in [4.78, 5) is 3.90. The van der Waals surface area contributed by atoms with E-state index in [1.807, 2.05) is 0 Å². The van der Waals surface area contributed by atoms with Gasteiger partial charge in [0.1, 0.15) is 5.82 Å². The number of benzene rings is 1. The first-order valence-corrected chi connectivity index (χ1v) is 5.88. The van der Waals surface area contributed by atoms with Crippen molar-refractivity contribution >= 4 is 0 Å². The topological polar surface area (TPSA) is 24.9 Å². The Morgan fingerprint density at radius 3 is 2.45 bits per heavy atom. The van der Waals surface area contributed by atoms with Gasteiger partial charge in [-0.2, -0.15) is 13.2 Å². The van der Waals surface area contributed by atoms with Gasteiger partial charge >= 0.3 is 6.18 Å². The SMILES string of the molecule is CNC(c1cccnc1)c1cccc(C(F)(F)F)c1F. The second-order valence-electron chi connectivity index (χ2n) is 4.21. The number of alkyl halides is 3. The highest BCUT2D eigenvalue weighted by Crippen LogP contribution is 2.35. The van der Waals surface area contributed by atoms with Crippen LogP contribution >= 0.6 is 0 Å². The monoisotopic (exact) mass is 284 g/mol. The molecule has 20 heavy (non-hydrogen) atoms. The number of nitrogens with one attached hydrogen (secondary N) is 1. The minimum Gasteiger partial charge on any atom is -0.309 e. The predicted molar refractivity (Wildman–Crippen MR) is 66.5 cm³/mol. The van der Waals surface area contributed by atoms with Gasteiger partial charge in [-0.3, -0.25) is 4.98 Å². The van der Waals surface area contributed by atoms with E-state index in [9.17, 15) is 17.6 Å². The summed E-state index contributed by atoms with van der Waals surface area (Å²) in [5, 5.41) is 2.81. The molecule has 0 amide bonds. The van der Waals surface area contributed by atoms with Crippen LogP contribution in [0.3, 0.4) is 0 Å². The lowest BCUT2D eigenvalue weighted by molar-refractivity contribution is -0.140. The van der Waals surface area contributed by atoms with Crippen molar-refractivity contribution in [3.05, 3.63) is 65.2 Å². The molecule has 1 aromatic carbocycles. The van der Waals surface area contributed by atoms with Gasteiger partial charge in [0.15, 0.2) is 0 Å². The lowest BCUT2D eigenvalue weighted by atomic mass is 9.97. The summed E-state index contributed by atoms with van der Waals surface area (Å²) in [7, 11) is 1.55. The fraction of sp³-hybridized carbons (Fsp3) is 0.214. The maximum absolute atomic E-state index is 14.1. The van der Waals surface area contributed by atoms with Crippen molar-refractivity contribution in [2.75, 3.05) is 7.05 Å².